The summed E-state index contributed by atoms with van der Waals surface area (Å²) in [6.07, 6.45) is 4.98. The van der Waals surface area contributed by atoms with E-state index in [9.17, 15) is 5.21 Å². The zero-order valence-corrected chi connectivity index (χ0v) is 5.19. The summed E-state index contributed by atoms with van der Waals surface area (Å²) in [6, 6.07) is 0. The molecule has 4 nitrogen and oxygen atoms in total. The number of hydrogen-bond acceptors (Lipinski definition) is 3. The van der Waals surface area contributed by atoms with Gasteiger partial charge in [-0.05, 0) is 6.08 Å². The van der Waals surface area contributed by atoms with Gasteiger partial charge >= 0.3 is 0 Å². The summed E-state index contributed by atoms with van der Waals surface area (Å²) in [5, 5.41) is 14.1. The quantitative estimate of drug-likeness (QED) is 0.358. The number of hydrogen-bond donors (Lipinski definition) is 0. The highest BCUT2D eigenvalue weighted by atomic mass is 16.5. The van der Waals surface area contributed by atoms with Gasteiger partial charge in [-0.2, -0.15) is 0 Å². The van der Waals surface area contributed by atoms with E-state index in [1.54, 1.807) is 6.21 Å². The fourth-order valence-corrected chi connectivity index (χ4v) is 0.931. The molecule has 0 aromatic heterocycles. The summed E-state index contributed by atoms with van der Waals surface area (Å²) in [7, 11) is 0. The Morgan fingerprint density at radius 2 is 2.50 bits per heavy atom. The SMILES string of the molecule is [O-][N+]1=NC=C2N=CC=C2C1. The predicted molar refractivity (Wildman–Crippen MR) is 35.6 cm³/mol. The van der Waals surface area contributed by atoms with Gasteiger partial charge in [0.15, 0.2) is 0 Å². The van der Waals surface area contributed by atoms with Gasteiger partial charge in [-0.25, -0.2) is 0 Å². The first kappa shape index (κ1) is 5.34. The second-order valence-electron chi connectivity index (χ2n) is 2.11. The number of aliphatic imine (C=N–C) groups is 1. The predicted octanol–water partition coefficient (Wildman–Crippen LogP) is 0.815. The van der Waals surface area contributed by atoms with Crippen molar-refractivity contribution in [2.45, 2.75) is 0 Å². The van der Waals surface area contributed by atoms with Crippen molar-refractivity contribution in [1.29, 1.82) is 0 Å². The minimum atomic E-state index is 0.325. The molecule has 0 bridgehead atoms. The summed E-state index contributed by atoms with van der Waals surface area (Å²) in [5.41, 5.74) is 1.76. The van der Waals surface area contributed by atoms with Gasteiger partial charge in [-0.15, -0.1) is 0 Å². The maximum Gasteiger partial charge on any atom is 0.208 e. The van der Waals surface area contributed by atoms with E-state index in [1.807, 2.05) is 6.08 Å². The van der Waals surface area contributed by atoms with Crippen LogP contribution in [0.5, 0.6) is 0 Å². The first-order valence-corrected chi connectivity index (χ1v) is 2.95. The molecular formula is C6H5N3O. The van der Waals surface area contributed by atoms with Crippen molar-refractivity contribution >= 4 is 6.21 Å². The Labute approximate surface area is 57.5 Å². The Hall–Kier alpha value is -1.45. The summed E-state index contributed by atoms with van der Waals surface area (Å²) in [6.45, 7) is 0.325. The molecule has 2 rings (SSSR count). The Kier molecular flexibility index (Phi) is 0.943. The van der Waals surface area contributed by atoms with Crippen LogP contribution >= 0.6 is 0 Å². The van der Waals surface area contributed by atoms with Crippen molar-refractivity contribution < 1.29 is 4.86 Å². The fraction of sp³-hybridized carbons (Fsp3) is 0.167. The molecule has 0 atom stereocenters. The van der Waals surface area contributed by atoms with E-state index in [0.29, 0.717) is 11.4 Å². The van der Waals surface area contributed by atoms with Crippen molar-refractivity contribution in [1.82, 2.24) is 0 Å². The molecule has 10 heavy (non-hydrogen) atoms. The van der Waals surface area contributed by atoms with E-state index >= 15 is 0 Å². The number of fused-ring (bicyclic) bond motifs is 1. The van der Waals surface area contributed by atoms with Crippen LogP contribution < -0.4 is 0 Å². The van der Waals surface area contributed by atoms with Crippen LogP contribution in [-0.2, 0) is 0 Å². The lowest BCUT2D eigenvalue weighted by atomic mass is 10.2. The highest BCUT2D eigenvalue weighted by molar-refractivity contribution is 5.79. The molecular weight excluding hydrogens is 130 g/mol. The van der Waals surface area contributed by atoms with Crippen LogP contribution in [0.2, 0.25) is 0 Å². The van der Waals surface area contributed by atoms with Gasteiger partial charge in [-0.3, -0.25) is 4.99 Å². The molecule has 0 unspecified atom stereocenters. The molecule has 2 aliphatic rings. The highest BCUT2D eigenvalue weighted by Gasteiger charge is 2.16. The molecule has 4 heteroatoms. The average molecular weight is 135 g/mol. The van der Waals surface area contributed by atoms with E-state index in [1.165, 1.54) is 6.20 Å². The minimum absolute atomic E-state index is 0.325. The molecule has 0 saturated heterocycles. The van der Waals surface area contributed by atoms with Crippen molar-refractivity contribution in [3.05, 3.63) is 28.8 Å². The summed E-state index contributed by atoms with van der Waals surface area (Å²) >= 11 is 0. The second-order valence-corrected chi connectivity index (χ2v) is 2.11. The molecule has 0 N–H and O–H groups in total. The summed E-state index contributed by atoms with van der Waals surface area (Å²) < 4.78 is 0. The van der Waals surface area contributed by atoms with Crippen LogP contribution in [0.3, 0.4) is 0 Å². The van der Waals surface area contributed by atoms with Gasteiger partial charge in [0, 0.05) is 16.9 Å². The number of hydroxylamine groups is 1. The molecule has 2 aliphatic heterocycles. The minimum Gasteiger partial charge on any atom is -0.599 e. The maximum absolute atomic E-state index is 10.6. The normalized spacial score (nSPS) is 21.4. The number of azo groups is 1. The molecule has 50 valence electrons. The zero-order valence-electron chi connectivity index (χ0n) is 5.19. The van der Waals surface area contributed by atoms with Crippen LogP contribution in [0.15, 0.2) is 33.7 Å². The van der Waals surface area contributed by atoms with Crippen molar-refractivity contribution in [3.63, 3.8) is 0 Å². The van der Waals surface area contributed by atoms with Crippen LogP contribution in [0.4, 0.5) is 0 Å². The van der Waals surface area contributed by atoms with Crippen LogP contribution in [-0.4, -0.2) is 17.6 Å². The lowest BCUT2D eigenvalue weighted by Crippen LogP contribution is -2.08. The fourth-order valence-electron chi connectivity index (χ4n) is 0.931. The average Bonchev–Trinajstić information content (AvgIpc) is 2.33. The van der Waals surface area contributed by atoms with Crippen LogP contribution in [0.25, 0.3) is 0 Å². The molecule has 0 aromatic carbocycles. The van der Waals surface area contributed by atoms with Gasteiger partial charge in [0.2, 0.25) is 6.54 Å². The second kappa shape index (κ2) is 1.76. The van der Waals surface area contributed by atoms with Crippen molar-refractivity contribution in [2.75, 3.05) is 6.54 Å². The molecule has 0 radical (unpaired) electrons. The number of nitrogens with zero attached hydrogens (tertiary/aromatic N) is 3. The third kappa shape index (κ3) is 0.655. The summed E-state index contributed by atoms with van der Waals surface area (Å²) in [4.78, 5) is 4.62. The smallest absolute Gasteiger partial charge is 0.208 e. The molecule has 2 heterocycles. The van der Waals surface area contributed by atoms with Gasteiger partial charge in [0.05, 0.1) is 5.70 Å². The van der Waals surface area contributed by atoms with Crippen LogP contribution in [0.1, 0.15) is 0 Å². The Balaban J connectivity index is 2.42. The van der Waals surface area contributed by atoms with Crippen molar-refractivity contribution in [3.8, 4) is 0 Å². The van der Waals surface area contributed by atoms with Gasteiger partial charge in [0.1, 0.15) is 6.20 Å². The lowest BCUT2D eigenvalue weighted by Gasteiger charge is -2.05. The standard InChI is InChI=1S/C6H5N3O/c10-9-4-5-1-2-7-6(5)3-8-9/h1-3H,4H2. The molecule has 0 spiro atoms. The summed E-state index contributed by atoms with van der Waals surface area (Å²) in [5.74, 6) is 0. The van der Waals surface area contributed by atoms with E-state index in [-0.39, 0.29) is 0 Å². The van der Waals surface area contributed by atoms with E-state index in [0.717, 1.165) is 11.3 Å². The van der Waals surface area contributed by atoms with Crippen LogP contribution in [0, 0.1) is 5.21 Å². The first-order valence-electron chi connectivity index (χ1n) is 2.95. The van der Waals surface area contributed by atoms with Gasteiger partial charge < -0.3 is 5.21 Å². The Bertz CT molecular complexity index is 285. The van der Waals surface area contributed by atoms with E-state index < -0.39 is 0 Å². The number of rotatable bonds is 0. The van der Waals surface area contributed by atoms with Gasteiger partial charge in [-0.1, -0.05) is 4.86 Å². The van der Waals surface area contributed by atoms with Crippen molar-refractivity contribution in [2.24, 2.45) is 10.1 Å². The molecule has 0 aromatic rings. The van der Waals surface area contributed by atoms with Gasteiger partial charge in [0.25, 0.3) is 0 Å². The van der Waals surface area contributed by atoms with E-state index in [4.69, 9.17) is 0 Å². The molecule has 0 fully saturated rings. The lowest BCUT2D eigenvalue weighted by molar-refractivity contribution is -0.518. The Morgan fingerprint density at radius 3 is 3.40 bits per heavy atom. The van der Waals surface area contributed by atoms with E-state index in [2.05, 4.69) is 10.1 Å². The molecule has 0 saturated carbocycles. The topological polar surface area (TPSA) is 50.8 Å². The monoisotopic (exact) mass is 135 g/mol. The highest BCUT2D eigenvalue weighted by Crippen LogP contribution is 2.18. The number of allylic oxidation sites excluding steroid dienone is 1. The third-order valence-corrected chi connectivity index (χ3v) is 1.43. The molecule has 0 aliphatic carbocycles. The molecule has 0 amide bonds. The maximum atomic E-state index is 10.6. The first-order chi connectivity index (χ1) is 4.86. The Morgan fingerprint density at radius 1 is 1.60 bits per heavy atom. The zero-order chi connectivity index (χ0) is 6.97. The third-order valence-electron chi connectivity index (χ3n) is 1.43. The largest absolute Gasteiger partial charge is 0.599 e.